The van der Waals surface area contributed by atoms with Gasteiger partial charge in [-0.3, -0.25) is 4.79 Å². The van der Waals surface area contributed by atoms with Crippen LogP contribution in [0.1, 0.15) is 32.6 Å². The summed E-state index contributed by atoms with van der Waals surface area (Å²) in [6, 6.07) is 0. The van der Waals surface area contributed by atoms with Crippen LogP contribution in [0.2, 0.25) is 0 Å². The molecule has 0 aromatic carbocycles. The summed E-state index contributed by atoms with van der Waals surface area (Å²) in [4.78, 5) is 10.9. The molecule has 1 fully saturated rings. The van der Waals surface area contributed by atoms with E-state index in [1.165, 1.54) is 0 Å². The van der Waals surface area contributed by atoms with Crippen LogP contribution in [0.25, 0.3) is 0 Å². The van der Waals surface area contributed by atoms with Crippen LogP contribution in [0, 0.1) is 0 Å². The van der Waals surface area contributed by atoms with E-state index in [0.717, 1.165) is 6.42 Å². The first-order chi connectivity index (χ1) is 6.84. The molecule has 88 valence electrons. The lowest BCUT2D eigenvalue weighted by atomic mass is 9.74. The summed E-state index contributed by atoms with van der Waals surface area (Å²) in [6.45, 7) is 1.74. The molecule has 1 rings (SSSR count). The van der Waals surface area contributed by atoms with Gasteiger partial charge in [0, 0.05) is 5.54 Å². The molecule has 0 heterocycles. The average Bonchev–Trinajstić information content (AvgIpc) is 2.10. The molecule has 6 heteroatoms. The van der Waals surface area contributed by atoms with Crippen molar-refractivity contribution in [2.24, 2.45) is 0 Å². The average molecular weight is 227 g/mol. The lowest BCUT2D eigenvalue weighted by Crippen LogP contribution is -2.58. The molecule has 0 aliphatic heterocycles. The molecule has 0 aromatic heterocycles. The highest BCUT2D eigenvalue weighted by Gasteiger charge is 2.51. The first-order valence-electron chi connectivity index (χ1n) is 4.82. The topological polar surface area (TPSA) is 29.1 Å². The molecule has 0 spiro atoms. The number of carbonyl (C=O) groups excluding carboxylic acids is 1. The minimum atomic E-state index is -4.59. The molecule has 0 atom stereocenters. The number of alkyl halides is 4. The maximum absolute atomic E-state index is 12.6. The molecule has 2 nitrogen and oxygen atoms in total. The van der Waals surface area contributed by atoms with Crippen LogP contribution in [-0.4, -0.2) is 23.8 Å². The van der Waals surface area contributed by atoms with Gasteiger partial charge >= 0.3 is 12.3 Å². The number of amides is 1. The molecule has 0 aromatic rings. The molecular weight excluding hydrogens is 214 g/mol. The third-order valence-corrected chi connectivity index (χ3v) is 2.94. The van der Waals surface area contributed by atoms with Crippen molar-refractivity contribution in [3.05, 3.63) is 0 Å². The van der Waals surface area contributed by atoms with Crippen LogP contribution in [-0.2, 0) is 4.79 Å². The monoisotopic (exact) mass is 227 g/mol. The highest BCUT2D eigenvalue weighted by Crippen LogP contribution is 2.36. The lowest BCUT2D eigenvalue weighted by molar-refractivity contribution is -0.172. The SMILES string of the molecule is CCC1(NC(=O)C(F)(F)C(F)F)CCC1. The van der Waals surface area contributed by atoms with Crippen LogP contribution in [0.15, 0.2) is 0 Å². The molecule has 1 aliphatic carbocycles. The third-order valence-electron chi connectivity index (χ3n) is 2.94. The van der Waals surface area contributed by atoms with E-state index in [9.17, 15) is 22.4 Å². The van der Waals surface area contributed by atoms with Gasteiger partial charge in [0.1, 0.15) is 0 Å². The Kier molecular flexibility index (Phi) is 3.25. The van der Waals surface area contributed by atoms with E-state index >= 15 is 0 Å². The fraction of sp³-hybridized carbons (Fsp3) is 0.889. The van der Waals surface area contributed by atoms with Gasteiger partial charge in [-0.15, -0.1) is 0 Å². The Labute approximate surface area is 85.0 Å². The van der Waals surface area contributed by atoms with Crippen molar-refractivity contribution in [3.63, 3.8) is 0 Å². The van der Waals surface area contributed by atoms with E-state index in [1.807, 2.05) is 5.32 Å². The second-order valence-electron chi connectivity index (χ2n) is 3.87. The Morgan fingerprint density at radius 1 is 1.47 bits per heavy atom. The Morgan fingerprint density at radius 3 is 2.27 bits per heavy atom. The maximum atomic E-state index is 12.6. The van der Waals surface area contributed by atoms with Crippen LogP contribution in [0.4, 0.5) is 17.6 Å². The minimum absolute atomic E-state index is 0.484. The van der Waals surface area contributed by atoms with Gasteiger partial charge in [-0.05, 0) is 25.7 Å². The second kappa shape index (κ2) is 3.98. The predicted octanol–water partition coefficient (Wildman–Crippen LogP) is 2.34. The summed E-state index contributed by atoms with van der Waals surface area (Å²) in [5.41, 5.74) is -0.685. The molecular formula is C9H13F4NO. The first-order valence-corrected chi connectivity index (χ1v) is 4.82. The van der Waals surface area contributed by atoms with Crippen LogP contribution in [0.5, 0.6) is 0 Å². The summed E-state index contributed by atoms with van der Waals surface area (Å²) in [7, 11) is 0. The number of carbonyl (C=O) groups is 1. The zero-order valence-corrected chi connectivity index (χ0v) is 8.33. The summed E-state index contributed by atoms with van der Waals surface area (Å²) in [6.07, 6.45) is -1.48. The van der Waals surface area contributed by atoms with Crippen molar-refractivity contribution in [1.29, 1.82) is 0 Å². The van der Waals surface area contributed by atoms with Crippen LogP contribution in [0.3, 0.4) is 0 Å². The van der Waals surface area contributed by atoms with Crippen LogP contribution >= 0.6 is 0 Å². The Balaban J connectivity index is 2.62. The van der Waals surface area contributed by atoms with Gasteiger partial charge in [-0.2, -0.15) is 8.78 Å². The van der Waals surface area contributed by atoms with Crippen LogP contribution < -0.4 is 5.32 Å². The molecule has 15 heavy (non-hydrogen) atoms. The zero-order chi connectivity index (χ0) is 11.7. The third kappa shape index (κ3) is 2.23. The number of halogens is 4. The lowest BCUT2D eigenvalue weighted by Gasteiger charge is -2.42. The highest BCUT2D eigenvalue weighted by atomic mass is 19.3. The standard InChI is InChI=1S/C9H13F4NO/c1-2-8(4-3-5-8)14-7(15)9(12,13)6(10)11/h6H,2-5H2,1H3,(H,14,15). The second-order valence-corrected chi connectivity index (χ2v) is 3.87. The van der Waals surface area contributed by atoms with Gasteiger partial charge in [0.25, 0.3) is 5.91 Å². The Morgan fingerprint density at radius 2 is 2.00 bits per heavy atom. The summed E-state index contributed by atoms with van der Waals surface area (Å²) >= 11 is 0. The van der Waals surface area contributed by atoms with E-state index in [0.29, 0.717) is 19.3 Å². The van der Waals surface area contributed by atoms with Crippen molar-refractivity contribution in [3.8, 4) is 0 Å². The van der Waals surface area contributed by atoms with Gasteiger partial charge < -0.3 is 5.32 Å². The van der Waals surface area contributed by atoms with Crippen molar-refractivity contribution >= 4 is 5.91 Å². The van der Waals surface area contributed by atoms with Gasteiger partial charge in [-0.25, -0.2) is 8.78 Å². The first kappa shape index (κ1) is 12.3. The Bertz CT molecular complexity index is 245. The Hall–Kier alpha value is -0.810. The molecule has 1 N–H and O–H groups in total. The van der Waals surface area contributed by atoms with E-state index in [2.05, 4.69) is 0 Å². The molecule has 1 amide bonds. The van der Waals surface area contributed by atoms with Crippen molar-refractivity contribution < 1.29 is 22.4 Å². The largest absolute Gasteiger partial charge is 0.383 e. The van der Waals surface area contributed by atoms with Gasteiger partial charge in [-0.1, -0.05) is 6.92 Å². The van der Waals surface area contributed by atoms with E-state index in [1.54, 1.807) is 6.92 Å². The fourth-order valence-electron chi connectivity index (χ4n) is 1.59. The normalized spacial score (nSPS) is 19.9. The molecule has 0 radical (unpaired) electrons. The predicted molar refractivity (Wildman–Crippen MR) is 46.0 cm³/mol. The quantitative estimate of drug-likeness (QED) is 0.734. The number of nitrogens with one attached hydrogen (secondary N) is 1. The molecule has 1 aliphatic rings. The van der Waals surface area contributed by atoms with E-state index < -0.39 is 23.8 Å². The number of hydrogen-bond acceptors (Lipinski definition) is 1. The van der Waals surface area contributed by atoms with E-state index in [4.69, 9.17) is 0 Å². The van der Waals surface area contributed by atoms with Gasteiger partial charge in [0.05, 0.1) is 0 Å². The van der Waals surface area contributed by atoms with Crippen molar-refractivity contribution in [2.75, 3.05) is 0 Å². The van der Waals surface area contributed by atoms with Gasteiger partial charge in [0.2, 0.25) is 0 Å². The molecule has 1 saturated carbocycles. The van der Waals surface area contributed by atoms with Crippen molar-refractivity contribution in [2.45, 2.75) is 50.5 Å². The van der Waals surface area contributed by atoms with Gasteiger partial charge in [0.15, 0.2) is 0 Å². The fourth-order valence-corrected chi connectivity index (χ4v) is 1.59. The molecule has 0 bridgehead atoms. The molecule has 0 saturated heterocycles. The maximum Gasteiger partial charge on any atom is 0.383 e. The van der Waals surface area contributed by atoms with E-state index in [-0.39, 0.29) is 0 Å². The highest BCUT2D eigenvalue weighted by molar-refractivity contribution is 5.84. The smallest absolute Gasteiger partial charge is 0.345 e. The summed E-state index contributed by atoms with van der Waals surface area (Å²) in [5, 5.41) is 2.03. The minimum Gasteiger partial charge on any atom is -0.345 e. The summed E-state index contributed by atoms with van der Waals surface area (Å²) in [5.74, 6) is -6.45. The summed E-state index contributed by atoms with van der Waals surface area (Å²) < 4.78 is 48.9. The number of hydrogen-bond donors (Lipinski definition) is 1. The van der Waals surface area contributed by atoms with Crippen molar-refractivity contribution in [1.82, 2.24) is 5.32 Å². The number of rotatable bonds is 4. The molecule has 0 unspecified atom stereocenters. The zero-order valence-electron chi connectivity index (χ0n) is 8.33.